The van der Waals surface area contributed by atoms with Crippen LogP contribution in [-0.2, 0) is 0 Å². The lowest BCUT2D eigenvalue weighted by molar-refractivity contribution is 0.669. The van der Waals surface area contributed by atoms with Gasteiger partial charge in [0.05, 0.1) is 17.9 Å². The molecule has 4 heterocycles. The zero-order chi connectivity index (χ0) is 37.8. The molecule has 0 radical (unpaired) electrons. The largest absolute Gasteiger partial charge is 0.456 e. The van der Waals surface area contributed by atoms with Gasteiger partial charge in [-0.25, -0.2) is 15.0 Å². The predicted molar refractivity (Wildman–Crippen MR) is 211 cm³/mol. The minimum Gasteiger partial charge on any atom is -0.456 e. The van der Waals surface area contributed by atoms with Crippen LogP contribution in [0.3, 0.4) is 0 Å². The van der Waals surface area contributed by atoms with Crippen molar-refractivity contribution < 1.29 is 11.3 Å². The summed E-state index contributed by atoms with van der Waals surface area (Å²) in [5, 5.41) is 5.98. The van der Waals surface area contributed by atoms with E-state index in [1.807, 2.05) is 60.7 Å². The maximum absolute atomic E-state index is 8.87. The number of furan rings is 1. The first kappa shape index (κ1) is 23.7. The van der Waals surface area contributed by atoms with Crippen molar-refractivity contribution in [3.8, 4) is 39.9 Å². The van der Waals surface area contributed by atoms with E-state index in [2.05, 4.69) is 71.3 Å². The fourth-order valence-electron chi connectivity index (χ4n) is 7.39. The van der Waals surface area contributed by atoms with Gasteiger partial charge in [-0.1, -0.05) is 109 Å². The average molecular weight is 676 g/mol. The van der Waals surface area contributed by atoms with Crippen LogP contribution in [0.2, 0.25) is 0 Å². The number of benzene rings is 7. The van der Waals surface area contributed by atoms with E-state index in [1.165, 1.54) is 0 Å². The number of hydrogen-bond donors (Lipinski definition) is 0. The lowest BCUT2D eigenvalue weighted by atomic mass is 10.0. The van der Waals surface area contributed by atoms with E-state index >= 15 is 0 Å². The Bertz CT molecular complexity index is 3380. The number of fused-ring (bicyclic) bond motifs is 9. The molecule has 7 aromatic carbocycles. The molecule has 0 amide bonds. The number of rotatable bonds is 4. The van der Waals surface area contributed by atoms with Crippen molar-refractivity contribution in [2.45, 2.75) is 0 Å². The van der Waals surface area contributed by atoms with Crippen LogP contribution in [0.15, 0.2) is 162 Å². The molecule has 0 saturated carbocycles. The normalized spacial score (nSPS) is 13.3. The van der Waals surface area contributed by atoms with Gasteiger partial charge in [-0.2, -0.15) is 0 Å². The monoisotopic (exact) mass is 675 g/mol. The summed E-state index contributed by atoms with van der Waals surface area (Å²) in [6, 6.07) is 40.6. The highest BCUT2D eigenvalue weighted by Gasteiger charge is 2.21. The van der Waals surface area contributed by atoms with Crippen LogP contribution in [0.4, 0.5) is 0 Å². The first-order valence-corrected chi connectivity index (χ1v) is 17.4. The third-order valence-electron chi connectivity index (χ3n) is 9.56. The van der Waals surface area contributed by atoms with E-state index < -0.39 is 18.1 Å². The topological polar surface area (TPSA) is 56.7 Å². The van der Waals surface area contributed by atoms with Gasteiger partial charge in [0, 0.05) is 64.1 Å². The molecule has 0 N–H and O–H groups in total. The summed E-state index contributed by atoms with van der Waals surface area (Å²) in [6.07, 6.45) is 0. The number of para-hydroxylation sites is 2. The molecule has 0 spiro atoms. The van der Waals surface area contributed by atoms with Gasteiger partial charge in [0.25, 0.3) is 0 Å². The lowest BCUT2D eigenvalue weighted by Crippen LogP contribution is -2.00. The van der Waals surface area contributed by atoms with E-state index in [1.54, 1.807) is 11.3 Å². The van der Waals surface area contributed by atoms with Crippen LogP contribution < -0.4 is 0 Å². The molecule has 11 rings (SSSR count). The van der Waals surface area contributed by atoms with E-state index in [-0.39, 0.29) is 29.3 Å². The van der Waals surface area contributed by atoms with Crippen LogP contribution in [-0.4, -0.2) is 19.5 Å². The van der Waals surface area contributed by atoms with Crippen molar-refractivity contribution >= 4 is 75.3 Å². The van der Waals surface area contributed by atoms with Gasteiger partial charge in [-0.15, -0.1) is 11.3 Å². The second-order valence-corrected chi connectivity index (χ2v) is 13.5. The Balaban J connectivity index is 1.21. The smallest absolute Gasteiger partial charge is 0.164 e. The molecule has 0 aliphatic rings. The molecule has 0 unspecified atom stereocenters. The molecule has 0 aliphatic carbocycles. The molecule has 4 aromatic heterocycles. The molecule has 0 saturated heterocycles. The standard InChI is InChI=1S/C45H26N4OS/c1-2-12-27(13-3-1)43-46-44(48-45(47-43)33-18-11-23-40-42(33)31-16-6-9-22-39(31)51-40)32-17-10-21-38-41(32)34-26-28(24-25-37(34)50-38)49-35-19-7-4-14-29(35)30-15-5-8-20-36(30)49/h1-26H/i1D,2D,3D,12D,13D. The van der Waals surface area contributed by atoms with Crippen molar-refractivity contribution in [1.29, 1.82) is 0 Å². The summed E-state index contributed by atoms with van der Waals surface area (Å²) in [4.78, 5) is 14.9. The Morgan fingerprint density at radius 2 is 1.14 bits per heavy atom. The molecule has 5 nitrogen and oxygen atoms in total. The summed E-state index contributed by atoms with van der Waals surface area (Å²) in [5.74, 6) is 0.583. The molecular formula is C45H26N4OS. The zero-order valence-corrected chi connectivity index (χ0v) is 27.5. The molecule has 238 valence electrons. The molecule has 0 fully saturated rings. The number of hydrogen-bond acceptors (Lipinski definition) is 5. The molecule has 6 heteroatoms. The fraction of sp³-hybridized carbons (Fsp3) is 0. The van der Waals surface area contributed by atoms with Crippen LogP contribution >= 0.6 is 11.3 Å². The van der Waals surface area contributed by atoms with E-state index in [9.17, 15) is 0 Å². The molecule has 0 aliphatic heterocycles. The fourth-order valence-corrected chi connectivity index (χ4v) is 8.52. The SMILES string of the molecule is [2H]c1c([2H])c([2H])c(-c2nc(-c3cccc4oc5ccc(-n6c7ccccc7c7ccccc76)cc5c34)nc(-c3cccc4sc5ccccc5c34)n2)c([2H])c1[2H]. The second-order valence-electron chi connectivity index (χ2n) is 12.4. The van der Waals surface area contributed by atoms with Crippen LogP contribution in [0.25, 0.3) is 104 Å². The maximum atomic E-state index is 8.87. The Morgan fingerprint density at radius 1 is 0.510 bits per heavy atom. The Labute approximate surface area is 302 Å². The Hall–Kier alpha value is -6.63. The minimum atomic E-state index is -0.485. The van der Waals surface area contributed by atoms with Crippen LogP contribution in [0, 0.1) is 0 Å². The first-order valence-electron chi connectivity index (χ1n) is 19.0. The highest BCUT2D eigenvalue weighted by atomic mass is 32.1. The molecular weight excluding hydrogens is 645 g/mol. The summed E-state index contributed by atoms with van der Waals surface area (Å²) in [5.41, 5.74) is 5.75. The van der Waals surface area contributed by atoms with Crippen molar-refractivity contribution in [2.75, 3.05) is 0 Å². The van der Waals surface area contributed by atoms with Crippen molar-refractivity contribution in [3.05, 3.63) is 158 Å². The van der Waals surface area contributed by atoms with E-state index in [0.717, 1.165) is 64.0 Å². The Kier molecular flexibility index (Phi) is 5.08. The summed E-state index contributed by atoms with van der Waals surface area (Å²) >= 11 is 1.67. The van der Waals surface area contributed by atoms with Crippen molar-refractivity contribution in [3.63, 3.8) is 0 Å². The summed E-state index contributed by atoms with van der Waals surface area (Å²) in [6.45, 7) is 0. The molecule has 0 atom stereocenters. The third kappa shape index (κ3) is 4.30. The third-order valence-corrected chi connectivity index (χ3v) is 10.7. The Morgan fingerprint density at radius 3 is 1.90 bits per heavy atom. The molecule has 51 heavy (non-hydrogen) atoms. The summed E-state index contributed by atoms with van der Waals surface area (Å²) in [7, 11) is 0. The van der Waals surface area contributed by atoms with E-state index in [0.29, 0.717) is 22.6 Å². The average Bonchev–Trinajstić information content (AvgIpc) is 3.91. The van der Waals surface area contributed by atoms with Gasteiger partial charge < -0.3 is 8.98 Å². The predicted octanol–water partition coefficient (Wildman–Crippen LogP) is 12.2. The summed E-state index contributed by atoms with van der Waals surface area (Å²) < 4.78 is 53.8. The maximum Gasteiger partial charge on any atom is 0.164 e. The molecule has 11 aromatic rings. The van der Waals surface area contributed by atoms with Gasteiger partial charge in [0.2, 0.25) is 0 Å². The van der Waals surface area contributed by atoms with Crippen molar-refractivity contribution in [2.24, 2.45) is 0 Å². The number of aromatic nitrogens is 4. The van der Waals surface area contributed by atoms with Crippen LogP contribution in [0.1, 0.15) is 6.85 Å². The van der Waals surface area contributed by atoms with Crippen molar-refractivity contribution in [1.82, 2.24) is 19.5 Å². The van der Waals surface area contributed by atoms with Gasteiger partial charge in [0.1, 0.15) is 11.2 Å². The minimum absolute atomic E-state index is 0.0192. The lowest BCUT2D eigenvalue weighted by Gasteiger charge is -2.11. The van der Waals surface area contributed by atoms with Gasteiger partial charge in [-0.3, -0.25) is 0 Å². The zero-order valence-electron chi connectivity index (χ0n) is 31.7. The number of thiophene rings is 1. The number of nitrogens with zero attached hydrogens (tertiary/aromatic N) is 4. The second kappa shape index (κ2) is 10.9. The quantitative estimate of drug-likeness (QED) is 0.186. The van der Waals surface area contributed by atoms with Gasteiger partial charge >= 0.3 is 0 Å². The van der Waals surface area contributed by atoms with Gasteiger partial charge in [0.15, 0.2) is 17.5 Å². The molecule has 0 bridgehead atoms. The first-order chi connectivity index (χ1) is 27.4. The van der Waals surface area contributed by atoms with E-state index in [4.69, 9.17) is 26.2 Å². The van der Waals surface area contributed by atoms with Gasteiger partial charge in [-0.05, 0) is 48.5 Å². The highest BCUT2D eigenvalue weighted by Crippen LogP contribution is 2.42. The highest BCUT2D eigenvalue weighted by molar-refractivity contribution is 7.25. The van der Waals surface area contributed by atoms with Crippen LogP contribution in [0.5, 0.6) is 0 Å².